The van der Waals surface area contributed by atoms with Gasteiger partial charge in [0.1, 0.15) is 6.61 Å². The highest BCUT2D eigenvalue weighted by atomic mass is 19.4. The van der Waals surface area contributed by atoms with Crippen LogP contribution in [0, 0.1) is 0 Å². The van der Waals surface area contributed by atoms with Crippen molar-refractivity contribution in [2.24, 2.45) is 0 Å². The van der Waals surface area contributed by atoms with Gasteiger partial charge in [0.25, 0.3) is 6.36 Å². The molecule has 0 rings (SSSR count). The van der Waals surface area contributed by atoms with Gasteiger partial charge in [0.05, 0.1) is 0 Å². The molecule has 0 saturated heterocycles. The van der Waals surface area contributed by atoms with Crippen LogP contribution < -0.4 is 0 Å². The van der Waals surface area contributed by atoms with E-state index in [-0.39, 0.29) is 0 Å². The van der Waals surface area contributed by atoms with E-state index >= 15 is 0 Å². The van der Waals surface area contributed by atoms with E-state index in [1.807, 2.05) is 0 Å². The van der Waals surface area contributed by atoms with Crippen LogP contribution in [0.2, 0.25) is 0 Å². The molecule has 0 aromatic carbocycles. The van der Waals surface area contributed by atoms with Crippen LogP contribution in [0.25, 0.3) is 0 Å². The molecule has 0 saturated carbocycles. The fourth-order valence-electron chi connectivity index (χ4n) is 1.61. The van der Waals surface area contributed by atoms with Crippen LogP contribution in [-0.4, -0.2) is 67.1 Å². The molecule has 0 bridgehead atoms. The Labute approximate surface area is 196 Å². The number of hydrogen-bond acceptors (Lipinski definition) is 3. The smallest absolute Gasteiger partial charge is 0.397 e. The predicted molar refractivity (Wildman–Crippen MR) is 69.0 cm³/mol. The lowest BCUT2D eigenvalue weighted by atomic mass is 9.98. The van der Waals surface area contributed by atoms with Gasteiger partial charge >= 0.3 is 66.2 Å². The maximum absolute atomic E-state index is 13.4. The second-order valence-corrected chi connectivity index (χ2v) is 6.45. The van der Waals surface area contributed by atoms with Crippen LogP contribution in [0.3, 0.4) is 0 Å². The summed E-state index contributed by atoms with van der Waals surface area (Å²) < 4.78 is 299. The van der Waals surface area contributed by atoms with Crippen LogP contribution in [-0.2, 0) is 14.2 Å². The number of halogens is 23. The minimum atomic E-state index is -8.36. The first-order valence-corrected chi connectivity index (χ1v) is 8.11. The topological polar surface area (TPSA) is 27.7 Å². The van der Waals surface area contributed by atoms with Gasteiger partial charge in [-0.25, -0.2) is 4.39 Å². The van der Waals surface area contributed by atoms with Crippen molar-refractivity contribution in [1.29, 1.82) is 0 Å². The summed E-state index contributed by atoms with van der Waals surface area (Å²) in [6.07, 6.45) is -39.0. The van der Waals surface area contributed by atoms with E-state index in [1.54, 1.807) is 9.47 Å². The molecule has 0 aliphatic heterocycles. The van der Waals surface area contributed by atoms with Crippen LogP contribution >= 0.6 is 0 Å². The number of alkyl halides is 20. The molecule has 3 nitrogen and oxygen atoms in total. The minimum Gasteiger partial charge on any atom is -0.397 e. The van der Waals surface area contributed by atoms with E-state index in [0.717, 1.165) is 0 Å². The molecule has 1 atom stereocenters. The van der Waals surface area contributed by atoms with Crippen molar-refractivity contribution in [3.8, 4) is 0 Å². The molecule has 1 unspecified atom stereocenters. The summed E-state index contributed by atoms with van der Waals surface area (Å²) in [5.41, 5.74) is 0. The average Bonchev–Trinajstić information content (AvgIpc) is 2.70. The fourth-order valence-corrected chi connectivity index (χ4v) is 1.61. The molecule has 0 aromatic rings. The molecule has 0 radical (unpaired) electrons. The summed E-state index contributed by atoms with van der Waals surface area (Å²) in [6.45, 7) is -4.34. The molecule has 0 spiro atoms. The summed E-state index contributed by atoms with van der Waals surface area (Å²) in [5, 5.41) is 0. The van der Waals surface area contributed by atoms with E-state index in [2.05, 4.69) is 4.74 Å². The lowest BCUT2D eigenvalue weighted by Crippen LogP contribution is -2.68. The SMILES string of the molecule is FC(F)=C(F)OC(F)(F)C(F)(F)C(F)(F)C(F)(F)C(F)(F)COC(F)(F)C(F)OC(F)(F)C(F)(F)C(F)(F)F. The van der Waals surface area contributed by atoms with Crippen molar-refractivity contribution >= 4 is 0 Å². The minimum absolute atomic E-state index is 1.69. The Balaban J connectivity index is 6.06. The highest BCUT2D eigenvalue weighted by molar-refractivity contribution is 5.07. The highest BCUT2D eigenvalue weighted by Crippen LogP contribution is 2.58. The van der Waals surface area contributed by atoms with Gasteiger partial charge in [0.2, 0.25) is 0 Å². The molecule has 0 heterocycles. The van der Waals surface area contributed by atoms with Gasteiger partial charge in [-0.3, -0.25) is 4.74 Å². The maximum atomic E-state index is 13.4. The second kappa shape index (κ2) is 10.4. The normalized spacial score (nSPS) is 16.3. The van der Waals surface area contributed by atoms with Gasteiger partial charge in [-0.1, -0.05) is 0 Å². The molecule has 0 aliphatic carbocycles. The van der Waals surface area contributed by atoms with Gasteiger partial charge in [-0.15, -0.1) is 0 Å². The molecule has 26 heteroatoms. The van der Waals surface area contributed by atoms with Gasteiger partial charge in [0, 0.05) is 0 Å². The van der Waals surface area contributed by atoms with E-state index in [4.69, 9.17) is 0 Å². The lowest BCUT2D eigenvalue weighted by molar-refractivity contribution is -0.471. The molecule has 0 N–H and O–H groups in total. The molecule has 0 aliphatic rings. The van der Waals surface area contributed by atoms with E-state index < -0.39 is 79.2 Å². The highest BCUT2D eigenvalue weighted by Gasteiger charge is 2.88. The Bertz CT molecular complexity index is 884. The molecule has 0 amide bonds. The third kappa shape index (κ3) is 6.61. The van der Waals surface area contributed by atoms with Gasteiger partial charge in [-0.05, 0) is 0 Å². The maximum Gasteiger partial charge on any atom is 0.472 e. The molecule has 0 fully saturated rings. The standard InChI is InChI=1S/C13H3F23O3/c14-2(15)3(16)38-12(33,34)9(26,27)8(24,25)7(22,23)5(18,19)1-37-6(20,21)4(17)39-13(35,36)10(28,29)11(30,31)32/h4H,1H2. The van der Waals surface area contributed by atoms with Crippen molar-refractivity contribution in [2.45, 2.75) is 60.5 Å². The van der Waals surface area contributed by atoms with Crippen molar-refractivity contribution < 1.29 is 115 Å². The van der Waals surface area contributed by atoms with Crippen LogP contribution in [0.1, 0.15) is 0 Å². The quantitative estimate of drug-likeness (QED) is 0.151. The zero-order valence-electron chi connectivity index (χ0n) is 16.7. The lowest BCUT2D eigenvalue weighted by Gasteiger charge is -2.38. The zero-order chi connectivity index (χ0) is 32.1. The predicted octanol–water partition coefficient (Wildman–Crippen LogP) is 7.88. The number of rotatable bonds is 13. The zero-order valence-corrected chi connectivity index (χ0v) is 16.7. The molecule has 234 valence electrons. The van der Waals surface area contributed by atoms with Crippen LogP contribution in [0.15, 0.2) is 12.1 Å². The third-order valence-electron chi connectivity index (χ3n) is 3.66. The second-order valence-electron chi connectivity index (χ2n) is 6.45. The summed E-state index contributed by atoms with van der Waals surface area (Å²) in [4.78, 5) is 0. The molecule has 39 heavy (non-hydrogen) atoms. The average molecular weight is 644 g/mol. The summed E-state index contributed by atoms with van der Waals surface area (Å²) in [6, 6.07) is -4.14. The molecular formula is C13H3F23O3. The van der Waals surface area contributed by atoms with E-state index in [9.17, 15) is 101 Å². The monoisotopic (exact) mass is 644 g/mol. The fraction of sp³-hybridized carbons (Fsp3) is 0.846. The first-order valence-electron chi connectivity index (χ1n) is 8.11. The Morgan fingerprint density at radius 3 is 1.31 bits per heavy atom. The largest absolute Gasteiger partial charge is 0.472 e. The number of ether oxygens (including phenoxy) is 3. The Morgan fingerprint density at radius 2 is 0.949 bits per heavy atom. The summed E-state index contributed by atoms with van der Waals surface area (Å²) in [5.74, 6) is -39.6. The van der Waals surface area contributed by atoms with Crippen molar-refractivity contribution in [1.82, 2.24) is 0 Å². The van der Waals surface area contributed by atoms with Crippen molar-refractivity contribution in [2.75, 3.05) is 6.61 Å². The molecule has 0 aromatic heterocycles. The Hall–Kier alpha value is -2.15. The first kappa shape index (κ1) is 36.8. The number of hydrogen-bond donors (Lipinski definition) is 0. The third-order valence-corrected chi connectivity index (χ3v) is 3.66. The first-order chi connectivity index (χ1) is 16.7. The van der Waals surface area contributed by atoms with E-state index in [0.29, 0.717) is 0 Å². The van der Waals surface area contributed by atoms with Crippen molar-refractivity contribution in [3.05, 3.63) is 12.1 Å². The van der Waals surface area contributed by atoms with Crippen LogP contribution in [0.5, 0.6) is 0 Å². The molecular weight excluding hydrogens is 641 g/mol. The van der Waals surface area contributed by atoms with Gasteiger partial charge in [0.15, 0.2) is 0 Å². The van der Waals surface area contributed by atoms with Gasteiger partial charge in [-0.2, -0.15) is 96.6 Å². The van der Waals surface area contributed by atoms with E-state index in [1.165, 1.54) is 0 Å². The van der Waals surface area contributed by atoms with Gasteiger partial charge < -0.3 is 9.47 Å². The van der Waals surface area contributed by atoms with Crippen molar-refractivity contribution in [3.63, 3.8) is 0 Å². The Morgan fingerprint density at radius 1 is 0.538 bits per heavy atom. The summed E-state index contributed by atoms with van der Waals surface area (Å²) >= 11 is 0. The van der Waals surface area contributed by atoms with Crippen LogP contribution in [0.4, 0.5) is 101 Å². The Kier molecular flexibility index (Phi) is 9.78. The summed E-state index contributed by atoms with van der Waals surface area (Å²) in [7, 11) is 0.